The average Bonchev–Trinajstić information content (AvgIpc) is 3.22. The number of allylic oxidation sites excluding steroid dienone is 1. The molecule has 6 nitrogen and oxygen atoms in total. The molecule has 0 saturated heterocycles. The van der Waals surface area contributed by atoms with Gasteiger partial charge < -0.3 is 10.6 Å². The average molecular weight is 446 g/mol. The van der Waals surface area contributed by atoms with Crippen LogP contribution in [0.2, 0.25) is 0 Å². The number of amides is 1. The van der Waals surface area contributed by atoms with Crippen LogP contribution in [-0.4, -0.2) is 42.3 Å². The summed E-state index contributed by atoms with van der Waals surface area (Å²) < 4.78 is 0. The lowest BCUT2D eigenvalue weighted by atomic mass is 9.85. The number of benzene rings is 1. The van der Waals surface area contributed by atoms with E-state index in [1.807, 2.05) is 26.0 Å². The van der Waals surface area contributed by atoms with Crippen LogP contribution in [0.5, 0.6) is 0 Å². The number of thioether (sulfide) groups is 1. The van der Waals surface area contributed by atoms with E-state index in [2.05, 4.69) is 51.8 Å². The van der Waals surface area contributed by atoms with Gasteiger partial charge in [0.1, 0.15) is 11.4 Å². The van der Waals surface area contributed by atoms with E-state index < -0.39 is 5.41 Å². The lowest BCUT2D eigenvalue weighted by molar-refractivity contribution is 0.0944. The summed E-state index contributed by atoms with van der Waals surface area (Å²) in [6, 6.07) is 9.63. The first kappa shape index (κ1) is 22.1. The molecule has 0 spiro atoms. The van der Waals surface area contributed by atoms with Crippen LogP contribution >= 0.6 is 11.8 Å². The molecule has 0 fully saturated rings. The summed E-state index contributed by atoms with van der Waals surface area (Å²) >= 11 is 1.75. The quantitative estimate of drug-likeness (QED) is 0.695. The Morgan fingerprint density at radius 3 is 2.88 bits per heavy atom. The van der Waals surface area contributed by atoms with Crippen molar-refractivity contribution in [2.24, 2.45) is 9.98 Å². The molecule has 2 heterocycles. The molecule has 0 saturated carbocycles. The van der Waals surface area contributed by atoms with Gasteiger partial charge in [0.25, 0.3) is 5.91 Å². The van der Waals surface area contributed by atoms with E-state index in [1.54, 1.807) is 36.3 Å². The Hall–Kier alpha value is -3.11. The van der Waals surface area contributed by atoms with Gasteiger partial charge in [0.2, 0.25) is 0 Å². The van der Waals surface area contributed by atoms with Crippen molar-refractivity contribution >= 4 is 30.1 Å². The standard InChI is InChI=1S/C25H27N5OS/c1-16-7-8-19(30-23(31)17-5-4-6-18(11-17)25(2,3)15-26)12-21(16)29-14-20-13-22-24(32-20)28-10-9-27-22/h4-7,9-13,19,22,24,29H,8,14H2,1-3H3,(H,30,31). The molecule has 3 aliphatic rings. The molecule has 7 heteroatoms. The predicted octanol–water partition coefficient (Wildman–Crippen LogP) is 3.89. The second-order valence-electron chi connectivity index (χ2n) is 8.68. The van der Waals surface area contributed by atoms with Gasteiger partial charge in [-0.15, -0.1) is 0 Å². The molecule has 3 unspecified atom stereocenters. The molecule has 0 bridgehead atoms. The first-order chi connectivity index (χ1) is 15.4. The van der Waals surface area contributed by atoms with Gasteiger partial charge in [-0.2, -0.15) is 5.26 Å². The monoisotopic (exact) mass is 445 g/mol. The lowest BCUT2D eigenvalue weighted by Gasteiger charge is -2.23. The van der Waals surface area contributed by atoms with Gasteiger partial charge in [0.15, 0.2) is 0 Å². The zero-order chi connectivity index (χ0) is 22.7. The molecule has 0 aromatic heterocycles. The number of hydrogen-bond acceptors (Lipinski definition) is 6. The Labute approximate surface area is 193 Å². The first-order valence-corrected chi connectivity index (χ1v) is 11.6. The van der Waals surface area contributed by atoms with Gasteiger partial charge in [-0.05, 0) is 62.6 Å². The highest BCUT2D eigenvalue weighted by Gasteiger charge is 2.28. The van der Waals surface area contributed by atoms with E-state index in [1.165, 1.54) is 10.5 Å². The fourth-order valence-corrected chi connectivity index (χ4v) is 4.90. The number of nitrogens with one attached hydrogen (secondary N) is 2. The molecule has 164 valence electrons. The van der Waals surface area contributed by atoms with Crippen molar-refractivity contribution in [1.82, 2.24) is 10.6 Å². The van der Waals surface area contributed by atoms with Crippen LogP contribution < -0.4 is 10.6 Å². The molecular weight excluding hydrogens is 418 g/mol. The van der Waals surface area contributed by atoms with Crippen molar-refractivity contribution in [3.63, 3.8) is 0 Å². The summed E-state index contributed by atoms with van der Waals surface area (Å²) in [5.41, 5.74) is 2.96. The maximum atomic E-state index is 12.9. The third-order valence-corrected chi connectivity index (χ3v) is 7.07. The number of carbonyl (C=O) groups is 1. The maximum Gasteiger partial charge on any atom is 0.251 e. The summed E-state index contributed by atoms with van der Waals surface area (Å²) in [4.78, 5) is 23.0. The molecule has 2 N–H and O–H groups in total. The van der Waals surface area contributed by atoms with E-state index in [0.29, 0.717) is 12.1 Å². The Morgan fingerprint density at radius 1 is 1.28 bits per heavy atom. The van der Waals surface area contributed by atoms with Crippen molar-refractivity contribution in [2.75, 3.05) is 6.54 Å². The van der Waals surface area contributed by atoms with Crippen LogP contribution in [0.3, 0.4) is 0 Å². The van der Waals surface area contributed by atoms with Crippen LogP contribution in [0.4, 0.5) is 0 Å². The number of nitrogens with zero attached hydrogens (tertiary/aromatic N) is 3. The second kappa shape index (κ2) is 9.17. The van der Waals surface area contributed by atoms with E-state index in [9.17, 15) is 10.1 Å². The van der Waals surface area contributed by atoms with E-state index >= 15 is 0 Å². The van der Waals surface area contributed by atoms with Crippen molar-refractivity contribution in [2.45, 2.75) is 50.1 Å². The second-order valence-corrected chi connectivity index (χ2v) is 9.93. The molecule has 4 rings (SSSR count). The van der Waals surface area contributed by atoms with Crippen LogP contribution in [0.25, 0.3) is 0 Å². The molecular formula is C25H27N5OS. The third-order valence-electron chi connectivity index (χ3n) is 5.84. The zero-order valence-electron chi connectivity index (χ0n) is 18.5. The van der Waals surface area contributed by atoms with Crippen LogP contribution in [0.15, 0.2) is 68.7 Å². The molecule has 1 aliphatic carbocycles. The highest BCUT2D eigenvalue weighted by molar-refractivity contribution is 8.04. The number of nitriles is 1. The summed E-state index contributed by atoms with van der Waals surface area (Å²) in [6.07, 6.45) is 10.7. The molecule has 1 aromatic rings. The summed E-state index contributed by atoms with van der Waals surface area (Å²) in [5.74, 6) is -0.136. The Kier molecular flexibility index (Phi) is 6.33. The Morgan fingerprint density at radius 2 is 2.09 bits per heavy atom. The number of rotatable bonds is 6. The normalized spacial score (nSPS) is 24.1. The van der Waals surface area contributed by atoms with Crippen molar-refractivity contribution in [3.05, 3.63) is 69.8 Å². The zero-order valence-corrected chi connectivity index (χ0v) is 19.3. The molecule has 1 aromatic carbocycles. The summed E-state index contributed by atoms with van der Waals surface area (Å²) in [6.45, 7) is 6.50. The minimum absolute atomic E-state index is 0.0941. The number of aliphatic imine (C=N–C) groups is 2. The fourth-order valence-electron chi connectivity index (χ4n) is 3.80. The molecule has 3 atom stereocenters. The van der Waals surface area contributed by atoms with Gasteiger partial charge in [-0.25, -0.2) is 0 Å². The third kappa shape index (κ3) is 4.86. The van der Waals surface area contributed by atoms with Gasteiger partial charge in [-0.3, -0.25) is 14.8 Å². The molecule has 2 aliphatic heterocycles. The van der Waals surface area contributed by atoms with Gasteiger partial charge in [0.05, 0.1) is 17.5 Å². The molecule has 1 amide bonds. The van der Waals surface area contributed by atoms with E-state index in [0.717, 1.165) is 17.7 Å². The largest absolute Gasteiger partial charge is 0.380 e. The Balaban J connectivity index is 1.39. The van der Waals surface area contributed by atoms with Crippen LogP contribution in [-0.2, 0) is 5.41 Å². The molecule has 0 radical (unpaired) electrons. The van der Waals surface area contributed by atoms with E-state index in [4.69, 9.17) is 0 Å². The van der Waals surface area contributed by atoms with Crippen LogP contribution in [0, 0.1) is 11.3 Å². The fraction of sp³-hybridized carbons (Fsp3) is 0.360. The highest BCUT2D eigenvalue weighted by atomic mass is 32.2. The van der Waals surface area contributed by atoms with Crippen molar-refractivity contribution in [1.29, 1.82) is 5.26 Å². The number of carbonyl (C=O) groups excluding carboxylic acids is 1. The topological polar surface area (TPSA) is 89.6 Å². The summed E-state index contributed by atoms with van der Waals surface area (Å²) in [5, 5.41) is 16.2. The van der Waals surface area contributed by atoms with Gasteiger partial charge in [-0.1, -0.05) is 30.0 Å². The summed E-state index contributed by atoms with van der Waals surface area (Å²) in [7, 11) is 0. The Bertz CT molecular complexity index is 1110. The van der Waals surface area contributed by atoms with Crippen molar-refractivity contribution < 1.29 is 4.79 Å². The SMILES string of the molecule is CC1=CCC(NC(=O)c2cccc(C(C)(C)C#N)c2)C=C1NCC1=CC2N=CC=NC2S1. The highest BCUT2D eigenvalue weighted by Crippen LogP contribution is 2.35. The van der Waals surface area contributed by atoms with Gasteiger partial charge in [0, 0.05) is 35.1 Å². The minimum Gasteiger partial charge on any atom is -0.380 e. The smallest absolute Gasteiger partial charge is 0.251 e. The number of fused-ring (bicyclic) bond motifs is 1. The minimum atomic E-state index is -0.640. The van der Waals surface area contributed by atoms with Gasteiger partial charge >= 0.3 is 0 Å². The lowest BCUT2D eigenvalue weighted by Crippen LogP contribution is -2.36. The van der Waals surface area contributed by atoms with Crippen LogP contribution in [0.1, 0.15) is 43.1 Å². The number of hydrogen-bond donors (Lipinski definition) is 2. The molecule has 32 heavy (non-hydrogen) atoms. The maximum absolute atomic E-state index is 12.9. The predicted molar refractivity (Wildman–Crippen MR) is 131 cm³/mol. The first-order valence-electron chi connectivity index (χ1n) is 10.7. The van der Waals surface area contributed by atoms with E-state index in [-0.39, 0.29) is 23.4 Å². The van der Waals surface area contributed by atoms with Crippen molar-refractivity contribution in [3.8, 4) is 6.07 Å².